The predicted octanol–water partition coefficient (Wildman–Crippen LogP) is 4.70. The molecule has 0 aliphatic heterocycles. The molecule has 0 saturated heterocycles. The lowest BCUT2D eigenvalue weighted by molar-refractivity contribution is -0.137. The average molecular weight is 422 g/mol. The van der Waals surface area contributed by atoms with Crippen molar-refractivity contribution in [2.75, 3.05) is 10.6 Å². The SMILES string of the molecule is O=C(Nc1ccc(Br)cc1)C(=O)Nc1ccc(Cl)c(C(F)(F)F)c1. The molecule has 0 saturated carbocycles. The van der Waals surface area contributed by atoms with Crippen molar-refractivity contribution in [3.8, 4) is 0 Å². The van der Waals surface area contributed by atoms with Crippen LogP contribution >= 0.6 is 27.5 Å². The number of anilines is 2. The second kappa shape index (κ2) is 7.23. The number of hydrogen-bond donors (Lipinski definition) is 2. The summed E-state index contributed by atoms with van der Waals surface area (Å²) in [6.45, 7) is 0. The number of alkyl halides is 3. The summed E-state index contributed by atoms with van der Waals surface area (Å²) < 4.78 is 39.1. The molecule has 2 N–H and O–H groups in total. The van der Waals surface area contributed by atoms with Gasteiger partial charge in [-0.1, -0.05) is 27.5 Å². The van der Waals surface area contributed by atoms with Crippen LogP contribution in [0.5, 0.6) is 0 Å². The Kier molecular flexibility index (Phi) is 5.51. The maximum absolute atomic E-state index is 12.8. The Labute approximate surface area is 148 Å². The van der Waals surface area contributed by atoms with Crippen LogP contribution in [0.4, 0.5) is 24.5 Å². The monoisotopic (exact) mass is 420 g/mol. The van der Waals surface area contributed by atoms with Gasteiger partial charge in [-0.25, -0.2) is 0 Å². The molecule has 0 atom stereocenters. The van der Waals surface area contributed by atoms with Gasteiger partial charge in [0.2, 0.25) is 0 Å². The zero-order valence-electron chi connectivity index (χ0n) is 11.7. The third kappa shape index (κ3) is 4.72. The molecule has 2 amide bonds. The maximum Gasteiger partial charge on any atom is 0.417 e. The number of benzene rings is 2. The first-order valence-electron chi connectivity index (χ1n) is 6.41. The van der Waals surface area contributed by atoms with Crippen LogP contribution in [-0.2, 0) is 15.8 Å². The smallest absolute Gasteiger partial charge is 0.318 e. The van der Waals surface area contributed by atoms with Gasteiger partial charge in [0, 0.05) is 15.8 Å². The highest BCUT2D eigenvalue weighted by Gasteiger charge is 2.33. The third-order valence-corrected chi connectivity index (χ3v) is 3.70. The van der Waals surface area contributed by atoms with Crippen LogP contribution in [0.2, 0.25) is 5.02 Å². The van der Waals surface area contributed by atoms with Crippen molar-refractivity contribution in [2.45, 2.75) is 6.18 Å². The first-order valence-corrected chi connectivity index (χ1v) is 7.58. The van der Waals surface area contributed by atoms with Gasteiger partial charge in [0.25, 0.3) is 0 Å². The molecular formula is C15H9BrClF3N2O2. The molecule has 0 radical (unpaired) electrons. The Hall–Kier alpha value is -2.06. The van der Waals surface area contributed by atoms with Crippen LogP contribution in [0.15, 0.2) is 46.9 Å². The number of halogens is 5. The van der Waals surface area contributed by atoms with E-state index in [1.54, 1.807) is 24.3 Å². The first-order chi connectivity index (χ1) is 11.2. The second-order valence-electron chi connectivity index (χ2n) is 4.61. The molecular weight excluding hydrogens is 413 g/mol. The molecule has 126 valence electrons. The van der Waals surface area contributed by atoms with Gasteiger partial charge in [0.05, 0.1) is 10.6 Å². The number of hydrogen-bond acceptors (Lipinski definition) is 2. The Morgan fingerprint density at radius 2 is 1.42 bits per heavy atom. The zero-order chi connectivity index (χ0) is 17.9. The lowest BCUT2D eigenvalue weighted by atomic mass is 10.2. The topological polar surface area (TPSA) is 58.2 Å². The van der Waals surface area contributed by atoms with Gasteiger partial charge in [0.15, 0.2) is 0 Å². The Morgan fingerprint density at radius 1 is 0.917 bits per heavy atom. The summed E-state index contributed by atoms with van der Waals surface area (Å²) >= 11 is 8.70. The van der Waals surface area contributed by atoms with Gasteiger partial charge in [-0.15, -0.1) is 0 Å². The van der Waals surface area contributed by atoms with Crippen molar-refractivity contribution < 1.29 is 22.8 Å². The number of nitrogens with one attached hydrogen (secondary N) is 2. The summed E-state index contributed by atoms with van der Waals surface area (Å²) in [6.07, 6.45) is -4.67. The van der Waals surface area contributed by atoms with Crippen LogP contribution < -0.4 is 10.6 Å². The van der Waals surface area contributed by atoms with Crippen LogP contribution in [0.25, 0.3) is 0 Å². The third-order valence-electron chi connectivity index (χ3n) is 2.84. The normalized spacial score (nSPS) is 11.0. The highest BCUT2D eigenvalue weighted by Crippen LogP contribution is 2.36. The molecule has 4 nitrogen and oxygen atoms in total. The summed E-state index contributed by atoms with van der Waals surface area (Å²) in [5.74, 6) is -2.12. The predicted molar refractivity (Wildman–Crippen MR) is 87.9 cm³/mol. The van der Waals surface area contributed by atoms with Gasteiger partial charge >= 0.3 is 18.0 Å². The van der Waals surface area contributed by atoms with Crippen LogP contribution in [0.1, 0.15) is 5.56 Å². The van der Waals surface area contributed by atoms with Crippen LogP contribution in [0, 0.1) is 0 Å². The van der Waals surface area contributed by atoms with Crippen molar-refractivity contribution in [3.05, 3.63) is 57.5 Å². The fraction of sp³-hybridized carbons (Fsp3) is 0.0667. The molecule has 24 heavy (non-hydrogen) atoms. The molecule has 0 fully saturated rings. The second-order valence-corrected chi connectivity index (χ2v) is 5.93. The lowest BCUT2D eigenvalue weighted by Gasteiger charge is -2.11. The van der Waals surface area contributed by atoms with E-state index in [9.17, 15) is 22.8 Å². The molecule has 0 aromatic heterocycles. The Morgan fingerprint density at radius 3 is 1.96 bits per heavy atom. The molecule has 0 aliphatic carbocycles. The van der Waals surface area contributed by atoms with E-state index in [2.05, 4.69) is 26.6 Å². The number of carbonyl (C=O) groups excluding carboxylic acids is 2. The maximum atomic E-state index is 12.8. The van der Waals surface area contributed by atoms with Crippen molar-refractivity contribution in [1.29, 1.82) is 0 Å². The van der Waals surface area contributed by atoms with E-state index < -0.39 is 28.6 Å². The summed E-state index contributed by atoms with van der Waals surface area (Å²) in [5, 5.41) is 3.92. The molecule has 0 spiro atoms. The van der Waals surface area contributed by atoms with E-state index in [1.807, 2.05) is 0 Å². The van der Waals surface area contributed by atoms with Crippen molar-refractivity contribution in [2.24, 2.45) is 0 Å². The first kappa shape index (κ1) is 18.3. The van der Waals surface area contributed by atoms with Gasteiger partial charge in [-0.3, -0.25) is 9.59 Å². The number of rotatable bonds is 2. The minimum Gasteiger partial charge on any atom is -0.318 e. The van der Waals surface area contributed by atoms with E-state index in [0.717, 1.165) is 10.5 Å². The molecule has 9 heteroatoms. The highest BCUT2D eigenvalue weighted by atomic mass is 79.9. The van der Waals surface area contributed by atoms with Crippen LogP contribution in [0.3, 0.4) is 0 Å². The largest absolute Gasteiger partial charge is 0.417 e. The fourth-order valence-corrected chi connectivity index (χ4v) is 2.22. The van der Waals surface area contributed by atoms with Crippen molar-refractivity contribution in [1.82, 2.24) is 0 Å². The van der Waals surface area contributed by atoms with Gasteiger partial charge < -0.3 is 10.6 Å². The average Bonchev–Trinajstić information content (AvgIpc) is 2.50. The summed E-state index contributed by atoms with van der Waals surface area (Å²) in [4.78, 5) is 23.6. The minimum absolute atomic E-state index is 0.192. The fourth-order valence-electron chi connectivity index (χ4n) is 1.73. The molecule has 2 rings (SSSR count). The Balaban J connectivity index is 2.09. The van der Waals surface area contributed by atoms with Crippen LogP contribution in [-0.4, -0.2) is 11.8 Å². The summed E-state index contributed by atoms with van der Waals surface area (Å²) in [6, 6.07) is 9.24. The van der Waals surface area contributed by atoms with Gasteiger partial charge in [0.1, 0.15) is 0 Å². The zero-order valence-corrected chi connectivity index (χ0v) is 14.1. The quantitative estimate of drug-likeness (QED) is 0.691. The van der Waals surface area contributed by atoms with Gasteiger partial charge in [-0.2, -0.15) is 13.2 Å². The molecule has 0 unspecified atom stereocenters. The molecule has 0 bridgehead atoms. The number of amides is 2. The van der Waals surface area contributed by atoms with Gasteiger partial charge in [-0.05, 0) is 42.5 Å². The Bertz CT molecular complexity index is 779. The number of carbonyl (C=O) groups is 2. The van der Waals surface area contributed by atoms with E-state index in [-0.39, 0.29) is 5.69 Å². The molecule has 2 aromatic rings. The molecule has 0 aliphatic rings. The molecule has 2 aromatic carbocycles. The van der Waals surface area contributed by atoms with E-state index in [0.29, 0.717) is 11.8 Å². The standard InChI is InChI=1S/C15H9BrClF3N2O2/c16-8-1-3-9(4-2-8)21-13(23)14(24)22-10-5-6-12(17)11(7-10)15(18,19)20/h1-7H,(H,21,23)(H,22,24). The summed E-state index contributed by atoms with van der Waals surface area (Å²) in [5.41, 5.74) is -0.927. The van der Waals surface area contributed by atoms with Crippen molar-refractivity contribution in [3.63, 3.8) is 0 Å². The molecule has 0 heterocycles. The van der Waals surface area contributed by atoms with Crippen molar-refractivity contribution >= 4 is 50.7 Å². The lowest BCUT2D eigenvalue weighted by Crippen LogP contribution is -2.29. The van der Waals surface area contributed by atoms with E-state index in [4.69, 9.17) is 11.6 Å². The minimum atomic E-state index is -4.67. The van der Waals surface area contributed by atoms with E-state index in [1.165, 1.54) is 6.07 Å². The summed E-state index contributed by atoms with van der Waals surface area (Å²) in [7, 11) is 0. The van der Waals surface area contributed by atoms with E-state index >= 15 is 0 Å². The highest BCUT2D eigenvalue weighted by molar-refractivity contribution is 9.10.